The fourth-order valence-electron chi connectivity index (χ4n) is 1.72. The second-order valence-electron chi connectivity index (χ2n) is 4.52. The van der Waals surface area contributed by atoms with E-state index in [1.54, 1.807) is 12.3 Å². The number of benzene rings is 1. The lowest BCUT2D eigenvalue weighted by Gasteiger charge is -2.10. The standard InChI is InChI=1S/C14H17N3O/c1-11(2)16-13-8-14(18)17(15-9-13)10-12-6-4-3-5-7-12/h3-9,11,16H,10H2,1-2H3. The molecule has 2 rings (SSSR count). The van der Waals surface area contributed by atoms with Gasteiger partial charge in [0.05, 0.1) is 18.4 Å². The molecule has 1 aromatic heterocycles. The summed E-state index contributed by atoms with van der Waals surface area (Å²) in [4.78, 5) is 11.9. The summed E-state index contributed by atoms with van der Waals surface area (Å²) < 4.78 is 1.46. The number of anilines is 1. The maximum atomic E-state index is 11.9. The van der Waals surface area contributed by atoms with Gasteiger partial charge in [0.2, 0.25) is 0 Å². The van der Waals surface area contributed by atoms with Crippen LogP contribution >= 0.6 is 0 Å². The minimum Gasteiger partial charge on any atom is -0.381 e. The van der Waals surface area contributed by atoms with Gasteiger partial charge in [0.1, 0.15) is 0 Å². The van der Waals surface area contributed by atoms with Gasteiger partial charge in [0.25, 0.3) is 5.56 Å². The van der Waals surface area contributed by atoms with Crippen molar-refractivity contribution in [3.05, 3.63) is 58.5 Å². The zero-order chi connectivity index (χ0) is 13.0. The first-order valence-electron chi connectivity index (χ1n) is 6.03. The van der Waals surface area contributed by atoms with E-state index in [1.165, 1.54) is 4.68 Å². The van der Waals surface area contributed by atoms with E-state index >= 15 is 0 Å². The smallest absolute Gasteiger partial charge is 0.269 e. The van der Waals surface area contributed by atoms with Gasteiger partial charge in [0.15, 0.2) is 0 Å². The van der Waals surface area contributed by atoms with Gasteiger partial charge in [0, 0.05) is 12.1 Å². The Morgan fingerprint density at radius 3 is 2.61 bits per heavy atom. The topological polar surface area (TPSA) is 46.9 Å². The lowest BCUT2D eigenvalue weighted by atomic mass is 10.2. The molecule has 94 valence electrons. The minimum absolute atomic E-state index is 0.0931. The molecule has 0 aliphatic rings. The molecular weight excluding hydrogens is 226 g/mol. The first kappa shape index (κ1) is 12.4. The van der Waals surface area contributed by atoms with Crippen molar-refractivity contribution in [3.8, 4) is 0 Å². The lowest BCUT2D eigenvalue weighted by Crippen LogP contribution is -2.24. The van der Waals surface area contributed by atoms with Crippen LogP contribution in [0.2, 0.25) is 0 Å². The zero-order valence-corrected chi connectivity index (χ0v) is 10.6. The Kier molecular flexibility index (Phi) is 3.77. The highest BCUT2D eigenvalue weighted by Crippen LogP contribution is 2.03. The quantitative estimate of drug-likeness (QED) is 0.894. The summed E-state index contributed by atoms with van der Waals surface area (Å²) in [6.07, 6.45) is 1.68. The second kappa shape index (κ2) is 5.49. The Hall–Kier alpha value is -2.10. The van der Waals surface area contributed by atoms with Crippen molar-refractivity contribution in [3.63, 3.8) is 0 Å². The van der Waals surface area contributed by atoms with Gasteiger partial charge in [-0.2, -0.15) is 5.10 Å². The predicted octanol–water partition coefficient (Wildman–Crippen LogP) is 2.11. The van der Waals surface area contributed by atoms with Gasteiger partial charge in [-0.05, 0) is 19.4 Å². The van der Waals surface area contributed by atoms with Crippen molar-refractivity contribution in [2.24, 2.45) is 0 Å². The van der Waals surface area contributed by atoms with E-state index in [1.807, 2.05) is 44.2 Å². The minimum atomic E-state index is -0.0931. The Balaban J connectivity index is 2.18. The molecule has 0 fully saturated rings. The van der Waals surface area contributed by atoms with Crippen molar-refractivity contribution in [2.75, 3.05) is 5.32 Å². The monoisotopic (exact) mass is 243 g/mol. The molecule has 0 bridgehead atoms. The molecule has 1 heterocycles. The fraction of sp³-hybridized carbons (Fsp3) is 0.286. The van der Waals surface area contributed by atoms with E-state index in [0.29, 0.717) is 6.54 Å². The van der Waals surface area contributed by atoms with Crippen molar-refractivity contribution >= 4 is 5.69 Å². The number of hydrogen-bond acceptors (Lipinski definition) is 3. The van der Waals surface area contributed by atoms with Crippen LogP contribution in [0.4, 0.5) is 5.69 Å². The summed E-state index contributed by atoms with van der Waals surface area (Å²) >= 11 is 0. The maximum absolute atomic E-state index is 11.9. The van der Waals surface area contributed by atoms with Crippen molar-refractivity contribution < 1.29 is 0 Å². The van der Waals surface area contributed by atoms with Crippen molar-refractivity contribution in [1.29, 1.82) is 0 Å². The molecule has 4 heteroatoms. The Morgan fingerprint density at radius 1 is 1.28 bits per heavy atom. The lowest BCUT2D eigenvalue weighted by molar-refractivity contribution is 0.639. The second-order valence-corrected chi connectivity index (χ2v) is 4.52. The van der Waals surface area contributed by atoms with Gasteiger partial charge < -0.3 is 5.32 Å². The third-order valence-corrected chi connectivity index (χ3v) is 2.50. The van der Waals surface area contributed by atoms with E-state index in [0.717, 1.165) is 11.3 Å². The summed E-state index contributed by atoms with van der Waals surface area (Å²) in [5, 5.41) is 7.33. The predicted molar refractivity (Wildman–Crippen MR) is 72.8 cm³/mol. The molecule has 0 saturated heterocycles. The third-order valence-electron chi connectivity index (χ3n) is 2.50. The van der Waals surface area contributed by atoms with Crippen molar-refractivity contribution in [2.45, 2.75) is 26.4 Å². The molecule has 0 aliphatic carbocycles. The normalized spacial score (nSPS) is 10.6. The molecule has 0 spiro atoms. The van der Waals surface area contributed by atoms with Crippen LogP contribution in [0.5, 0.6) is 0 Å². The molecule has 0 radical (unpaired) electrons. The van der Waals surface area contributed by atoms with Crippen LogP contribution < -0.4 is 10.9 Å². The number of nitrogens with one attached hydrogen (secondary N) is 1. The number of nitrogens with zero attached hydrogens (tertiary/aromatic N) is 2. The van der Waals surface area contributed by atoms with Crippen molar-refractivity contribution in [1.82, 2.24) is 9.78 Å². The van der Waals surface area contributed by atoms with Crippen LogP contribution in [-0.2, 0) is 6.54 Å². The molecule has 0 atom stereocenters. The molecule has 0 amide bonds. The van der Waals surface area contributed by atoms with Crippen LogP contribution in [0.25, 0.3) is 0 Å². The van der Waals surface area contributed by atoms with Gasteiger partial charge in [-0.1, -0.05) is 30.3 Å². The van der Waals surface area contributed by atoms with Crippen LogP contribution in [0.15, 0.2) is 47.4 Å². The Bertz CT molecular complexity index is 561. The van der Waals surface area contributed by atoms with E-state index in [4.69, 9.17) is 0 Å². The highest BCUT2D eigenvalue weighted by atomic mass is 16.1. The number of aromatic nitrogens is 2. The maximum Gasteiger partial charge on any atom is 0.269 e. The molecular formula is C14H17N3O. The fourth-order valence-corrected chi connectivity index (χ4v) is 1.72. The van der Waals surface area contributed by atoms with Crippen LogP contribution in [0.1, 0.15) is 19.4 Å². The van der Waals surface area contributed by atoms with E-state index in [-0.39, 0.29) is 11.6 Å². The zero-order valence-electron chi connectivity index (χ0n) is 10.6. The average molecular weight is 243 g/mol. The highest BCUT2D eigenvalue weighted by Gasteiger charge is 2.02. The molecule has 0 unspecified atom stereocenters. The first-order valence-corrected chi connectivity index (χ1v) is 6.03. The number of hydrogen-bond donors (Lipinski definition) is 1. The highest BCUT2D eigenvalue weighted by molar-refractivity contribution is 5.39. The van der Waals surface area contributed by atoms with E-state index in [9.17, 15) is 4.79 Å². The molecule has 4 nitrogen and oxygen atoms in total. The largest absolute Gasteiger partial charge is 0.381 e. The first-order chi connectivity index (χ1) is 8.65. The summed E-state index contributed by atoms with van der Waals surface area (Å²) in [5.41, 5.74) is 1.74. The SMILES string of the molecule is CC(C)Nc1cnn(Cc2ccccc2)c(=O)c1. The molecule has 0 aliphatic heterocycles. The van der Waals surface area contributed by atoms with E-state index in [2.05, 4.69) is 10.4 Å². The van der Waals surface area contributed by atoms with Crippen LogP contribution in [0, 0.1) is 0 Å². The summed E-state index contributed by atoms with van der Waals surface area (Å²) in [5.74, 6) is 0. The van der Waals surface area contributed by atoms with Crippen LogP contribution in [-0.4, -0.2) is 15.8 Å². The van der Waals surface area contributed by atoms with Gasteiger partial charge in [-0.15, -0.1) is 0 Å². The van der Waals surface area contributed by atoms with Crippen LogP contribution in [0.3, 0.4) is 0 Å². The Morgan fingerprint density at radius 2 is 2.00 bits per heavy atom. The molecule has 1 aromatic carbocycles. The third kappa shape index (κ3) is 3.20. The summed E-state index contributed by atoms with van der Waals surface area (Å²) in [6, 6.07) is 11.7. The Labute approximate surface area is 106 Å². The molecule has 2 aromatic rings. The van der Waals surface area contributed by atoms with Gasteiger partial charge in [-0.25, -0.2) is 4.68 Å². The summed E-state index contributed by atoms with van der Waals surface area (Å²) in [6.45, 7) is 4.55. The summed E-state index contributed by atoms with van der Waals surface area (Å²) in [7, 11) is 0. The molecule has 1 N–H and O–H groups in total. The van der Waals surface area contributed by atoms with Gasteiger partial charge >= 0.3 is 0 Å². The molecule has 0 saturated carbocycles. The number of rotatable bonds is 4. The van der Waals surface area contributed by atoms with E-state index < -0.39 is 0 Å². The average Bonchev–Trinajstić information content (AvgIpc) is 2.33. The van der Waals surface area contributed by atoms with Gasteiger partial charge in [-0.3, -0.25) is 4.79 Å². The molecule has 18 heavy (non-hydrogen) atoms.